The summed E-state index contributed by atoms with van der Waals surface area (Å²) in [5, 5.41) is 2.96. The van der Waals surface area contributed by atoms with Gasteiger partial charge < -0.3 is 14.5 Å². The number of benzene rings is 2. The Morgan fingerprint density at radius 1 is 1.19 bits per heavy atom. The van der Waals surface area contributed by atoms with Crippen molar-refractivity contribution < 1.29 is 13.9 Å². The molecule has 0 aliphatic carbocycles. The minimum atomic E-state index is -0.149. The van der Waals surface area contributed by atoms with Gasteiger partial charge >= 0.3 is 0 Å². The molecule has 27 heavy (non-hydrogen) atoms. The maximum absolute atomic E-state index is 12.7. The molecule has 138 valence electrons. The summed E-state index contributed by atoms with van der Waals surface area (Å²) in [6.45, 7) is 1.29. The molecule has 1 saturated heterocycles. The molecule has 5 nitrogen and oxygen atoms in total. The van der Waals surface area contributed by atoms with Crippen LogP contribution in [0.25, 0.3) is 22.8 Å². The number of carbonyl (C=O) groups is 1. The van der Waals surface area contributed by atoms with Gasteiger partial charge in [-0.2, -0.15) is 0 Å². The maximum atomic E-state index is 12.7. The summed E-state index contributed by atoms with van der Waals surface area (Å²) in [6.07, 6.45) is 3.82. The number of halogens is 1. The molecule has 0 saturated carbocycles. The van der Waals surface area contributed by atoms with Crippen molar-refractivity contribution in [1.29, 1.82) is 0 Å². The van der Waals surface area contributed by atoms with E-state index in [9.17, 15) is 4.79 Å². The van der Waals surface area contributed by atoms with Crippen LogP contribution in [0.1, 0.15) is 23.2 Å². The summed E-state index contributed by atoms with van der Waals surface area (Å²) in [5.74, 6) is 0.937. The smallest absolute Gasteiger partial charge is 0.252 e. The van der Waals surface area contributed by atoms with E-state index in [2.05, 4.69) is 26.2 Å². The van der Waals surface area contributed by atoms with Gasteiger partial charge in [0.2, 0.25) is 5.89 Å². The normalized spacial score (nSPS) is 16.4. The van der Waals surface area contributed by atoms with Crippen LogP contribution >= 0.6 is 15.9 Å². The zero-order valence-electron chi connectivity index (χ0n) is 14.7. The molecule has 1 aromatic heterocycles. The second kappa shape index (κ2) is 8.06. The molecule has 0 spiro atoms. The molecule has 6 heteroatoms. The lowest BCUT2D eigenvalue weighted by atomic mass is 10.1. The average molecular weight is 427 g/mol. The fourth-order valence-corrected chi connectivity index (χ4v) is 3.39. The van der Waals surface area contributed by atoms with Gasteiger partial charge in [-0.15, -0.1) is 0 Å². The Morgan fingerprint density at radius 3 is 2.78 bits per heavy atom. The molecule has 2 aromatic carbocycles. The predicted molar refractivity (Wildman–Crippen MR) is 106 cm³/mol. The van der Waals surface area contributed by atoms with Crippen molar-refractivity contribution in [1.82, 2.24) is 10.3 Å². The summed E-state index contributed by atoms with van der Waals surface area (Å²) in [7, 11) is 0. The lowest BCUT2D eigenvalue weighted by Crippen LogP contribution is -2.32. The number of oxazole rings is 1. The van der Waals surface area contributed by atoms with Crippen LogP contribution in [0, 0.1) is 0 Å². The van der Waals surface area contributed by atoms with E-state index < -0.39 is 0 Å². The van der Waals surface area contributed by atoms with Gasteiger partial charge in [0.15, 0.2) is 5.76 Å². The molecule has 0 unspecified atom stereocenters. The lowest BCUT2D eigenvalue weighted by molar-refractivity contribution is 0.0858. The standard InChI is InChI=1S/C21H19BrN2O3/c22-15-9-7-14(8-10-15)19-13-24-21(27-19)18-6-2-1-5-17(18)20(25)23-12-16-4-3-11-26-16/h1-2,5-10,13,16H,3-4,11-12H2,(H,23,25)/t16-/m1/s1. The fraction of sp³-hybridized carbons (Fsp3) is 0.238. The Morgan fingerprint density at radius 2 is 2.00 bits per heavy atom. The third kappa shape index (κ3) is 4.12. The van der Waals surface area contributed by atoms with E-state index in [0.29, 0.717) is 29.3 Å². The van der Waals surface area contributed by atoms with Crippen LogP contribution in [0.3, 0.4) is 0 Å². The molecular weight excluding hydrogens is 408 g/mol. The Labute approximate surface area is 165 Å². The predicted octanol–water partition coefficient (Wildman–Crippen LogP) is 4.68. The lowest BCUT2D eigenvalue weighted by Gasteiger charge is -2.12. The van der Waals surface area contributed by atoms with Gasteiger partial charge in [0.25, 0.3) is 5.91 Å². The number of hydrogen-bond donors (Lipinski definition) is 1. The molecule has 1 amide bonds. The molecule has 4 rings (SSSR count). The minimum absolute atomic E-state index is 0.104. The Hall–Kier alpha value is -2.44. The summed E-state index contributed by atoms with van der Waals surface area (Å²) >= 11 is 3.42. The third-order valence-corrected chi connectivity index (χ3v) is 5.08. The minimum Gasteiger partial charge on any atom is -0.436 e. The number of amides is 1. The fourth-order valence-electron chi connectivity index (χ4n) is 3.12. The summed E-state index contributed by atoms with van der Waals surface area (Å²) in [6, 6.07) is 15.1. The van der Waals surface area contributed by atoms with E-state index in [-0.39, 0.29) is 12.0 Å². The molecule has 1 aliphatic heterocycles. The molecule has 1 atom stereocenters. The van der Waals surface area contributed by atoms with Gasteiger partial charge in [0.05, 0.1) is 17.9 Å². The van der Waals surface area contributed by atoms with E-state index in [1.165, 1.54) is 0 Å². The van der Waals surface area contributed by atoms with Crippen molar-refractivity contribution in [2.24, 2.45) is 0 Å². The second-order valence-corrected chi connectivity index (χ2v) is 7.34. The SMILES string of the molecule is O=C(NC[C@H]1CCCO1)c1ccccc1-c1ncc(-c2ccc(Br)cc2)o1. The van der Waals surface area contributed by atoms with Crippen molar-refractivity contribution in [3.05, 3.63) is 64.8 Å². The highest BCUT2D eigenvalue weighted by Gasteiger charge is 2.20. The first-order valence-electron chi connectivity index (χ1n) is 8.91. The highest BCUT2D eigenvalue weighted by atomic mass is 79.9. The number of ether oxygens (including phenoxy) is 1. The highest BCUT2D eigenvalue weighted by Crippen LogP contribution is 2.29. The number of carbonyl (C=O) groups excluding carboxylic acids is 1. The average Bonchev–Trinajstić information content (AvgIpc) is 3.39. The first kappa shape index (κ1) is 17.9. The summed E-state index contributed by atoms with van der Waals surface area (Å²) < 4.78 is 12.5. The van der Waals surface area contributed by atoms with E-state index in [4.69, 9.17) is 9.15 Å². The van der Waals surface area contributed by atoms with Crippen LogP contribution < -0.4 is 5.32 Å². The van der Waals surface area contributed by atoms with Crippen LogP contribution in [-0.2, 0) is 4.74 Å². The summed E-state index contributed by atoms with van der Waals surface area (Å²) in [4.78, 5) is 17.1. The molecule has 3 aromatic rings. The monoisotopic (exact) mass is 426 g/mol. The van der Waals surface area contributed by atoms with E-state index in [0.717, 1.165) is 29.5 Å². The van der Waals surface area contributed by atoms with Crippen LogP contribution in [0.4, 0.5) is 0 Å². The first-order valence-corrected chi connectivity index (χ1v) is 9.71. The van der Waals surface area contributed by atoms with Gasteiger partial charge in [-0.25, -0.2) is 4.98 Å². The van der Waals surface area contributed by atoms with Crippen molar-refractivity contribution in [3.8, 4) is 22.8 Å². The zero-order valence-corrected chi connectivity index (χ0v) is 16.2. The third-order valence-electron chi connectivity index (χ3n) is 4.55. The number of nitrogens with zero attached hydrogens (tertiary/aromatic N) is 1. The van der Waals surface area contributed by atoms with Gasteiger partial charge in [-0.05, 0) is 37.1 Å². The Bertz CT molecular complexity index is 931. The largest absolute Gasteiger partial charge is 0.436 e. The quantitative estimate of drug-likeness (QED) is 0.642. The highest BCUT2D eigenvalue weighted by molar-refractivity contribution is 9.10. The molecule has 1 fully saturated rings. The van der Waals surface area contributed by atoms with Gasteiger partial charge in [0, 0.05) is 28.8 Å². The molecule has 1 aliphatic rings. The molecule has 2 heterocycles. The van der Waals surface area contributed by atoms with Crippen molar-refractivity contribution in [2.75, 3.05) is 13.2 Å². The van der Waals surface area contributed by atoms with Gasteiger partial charge in [-0.1, -0.05) is 40.2 Å². The van der Waals surface area contributed by atoms with Crippen LogP contribution in [0.2, 0.25) is 0 Å². The van der Waals surface area contributed by atoms with E-state index >= 15 is 0 Å². The summed E-state index contributed by atoms with van der Waals surface area (Å²) in [5.41, 5.74) is 2.14. The van der Waals surface area contributed by atoms with Crippen molar-refractivity contribution in [2.45, 2.75) is 18.9 Å². The van der Waals surface area contributed by atoms with Crippen LogP contribution in [0.5, 0.6) is 0 Å². The van der Waals surface area contributed by atoms with Crippen molar-refractivity contribution in [3.63, 3.8) is 0 Å². The van der Waals surface area contributed by atoms with E-state index in [1.807, 2.05) is 42.5 Å². The van der Waals surface area contributed by atoms with Crippen LogP contribution in [0.15, 0.2) is 63.6 Å². The number of rotatable bonds is 5. The molecule has 0 bridgehead atoms. The first-order chi connectivity index (χ1) is 13.2. The second-order valence-electron chi connectivity index (χ2n) is 6.43. The van der Waals surface area contributed by atoms with E-state index in [1.54, 1.807) is 12.3 Å². The van der Waals surface area contributed by atoms with Crippen molar-refractivity contribution >= 4 is 21.8 Å². The molecular formula is C21H19BrN2O3. The number of nitrogens with one attached hydrogen (secondary N) is 1. The Kier molecular flexibility index (Phi) is 5.36. The van der Waals surface area contributed by atoms with Gasteiger partial charge in [-0.3, -0.25) is 4.79 Å². The maximum Gasteiger partial charge on any atom is 0.252 e. The molecule has 0 radical (unpaired) electrons. The number of aromatic nitrogens is 1. The topological polar surface area (TPSA) is 64.4 Å². The molecule has 1 N–H and O–H groups in total. The number of hydrogen-bond acceptors (Lipinski definition) is 4. The Balaban J connectivity index is 1.55. The zero-order chi connectivity index (χ0) is 18.6. The van der Waals surface area contributed by atoms with Crippen LogP contribution in [-0.4, -0.2) is 30.1 Å². The van der Waals surface area contributed by atoms with Gasteiger partial charge in [0.1, 0.15) is 0 Å².